The second kappa shape index (κ2) is 5.39. The van der Waals surface area contributed by atoms with Crippen molar-refractivity contribution in [2.45, 2.75) is 38.5 Å². The normalized spacial score (nSPS) is 16.4. The highest BCUT2D eigenvalue weighted by Crippen LogP contribution is 2.29. The quantitative estimate of drug-likeness (QED) is 0.721. The van der Waals surface area contributed by atoms with Gasteiger partial charge in [0.25, 0.3) is 0 Å². The van der Waals surface area contributed by atoms with Gasteiger partial charge in [0.15, 0.2) is 5.78 Å². The lowest BCUT2D eigenvalue weighted by Crippen LogP contribution is -2.07. The van der Waals surface area contributed by atoms with Crippen molar-refractivity contribution in [3.63, 3.8) is 0 Å². The van der Waals surface area contributed by atoms with E-state index in [2.05, 4.69) is 0 Å². The first kappa shape index (κ1) is 12.2. The lowest BCUT2D eigenvalue weighted by molar-refractivity contribution is 0.0965. The molecule has 0 bridgehead atoms. The van der Waals surface area contributed by atoms with Gasteiger partial charge in [0.2, 0.25) is 0 Å². The Balaban J connectivity index is 1.99. The molecule has 0 N–H and O–H groups in total. The number of Topliss-reactive ketones (excluding diaryl/α,β-unsaturated/α-hetero) is 1. The Morgan fingerprint density at radius 1 is 1.18 bits per heavy atom. The highest BCUT2D eigenvalue weighted by atomic mass is 19.1. The molecule has 1 fully saturated rings. The Kier molecular flexibility index (Phi) is 3.87. The molecule has 92 valence electrons. The van der Waals surface area contributed by atoms with Crippen molar-refractivity contribution in [1.82, 2.24) is 0 Å². The minimum atomic E-state index is -0.749. The molecule has 1 aliphatic rings. The van der Waals surface area contributed by atoms with E-state index in [1.807, 2.05) is 0 Å². The fraction of sp³-hybridized carbons (Fsp3) is 0.500. The first-order valence-electron chi connectivity index (χ1n) is 6.15. The van der Waals surface area contributed by atoms with Gasteiger partial charge in [-0.05, 0) is 24.5 Å². The van der Waals surface area contributed by atoms with E-state index in [-0.39, 0.29) is 12.0 Å². The summed E-state index contributed by atoms with van der Waals surface area (Å²) in [6.45, 7) is 0. The minimum Gasteiger partial charge on any atom is -0.294 e. The Hall–Kier alpha value is -1.25. The van der Waals surface area contributed by atoms with Gasteiger partial charge in [-0.25, -0.2) is 8.78 Å². The minimum absolute atomic E-state index is 0.252. The molecule has 0 aliphatic heterocycles. The molecule has 3 heteroatoms. The number of ketones is 1. The molecule has 2 rings (SSSR count). The molecule has 17 heavy (non-hydrogen) atoms. The zero-order chi connectivity index (χ0) is 12.3. The predicted octanol–water partition coefficient (Wildman–Crippen LogP) is 4.12. The number of hydrogen-bond donors (Lipinski definition) is 0. The number of carbonyl (C=O) groups excluding carboxylic acids is 1. The smallest absolute Gasteiger partial charge is 0.168 e. The highest BCUT2D eigenvalue weighted by molar-refractivity contribution is 5.96. The van der Waals surface area contributed by atoms with Gasteiger partial charge in [-0.2, -0.15) is 0 Å². The summed E-state index contributed by atoms with van der Waals surface area (Å²) in [5, 5.41) is 0. The van der Waals surface area contributed by atoms with Crippen molar-refractivity contribution in [1.29, 1.82) is 0 Å². The Morgan fingerprint density at radius 3 is 2.35 bits per heavy atom. The fourth-order valence-corrected chi connectivity index (χ4v) is 2.52. The third-order valence-electron chi connectivity index (χ3n) is 3.50. The van der Waals surface area contributed by atoms with E-state index in [9.17, 15) is 13.6 Å². The van der Waals surface area contributed by atoms with Crippen molar-refractivity contribution < 1.29 is 13.6 Å². The second-order valence-corrected chi connectivity index (χ2v) is 4.71. The molecule has 0 amide bonds. The van der Waals surface area contributed by atoms with Crippen molar-refractivity contribution >= 4 is 5.78 Å². The molecular weight excluding hydrogens is 222 g/mol. The van der Waals surface area contributed by atoms with Crippen LogP contribution in [0, 0.1) is 17.6 Å². The largest absolute Gasteiger partial charge is 0.294 e. The van der Waals surface area contributed by atoms with Crippen LogP contribution in [-0.2, 0) is 0 Å². The summed E-state index contributed by atoms with van der Waals surface area (Å²) in [5.41, 5.74) is -0.370. The third-order valence-corrected chi connectivity index (χ3v) is 3.50. The highest BCUT2D eigenvalue weighted by Gasteiger charge is 2.20. The molecule has 0 unspecified atom stereocenters. The molecular formula is C14H16F2O. The van der Waals surface area contributed by atoms with Crippen LogP contribution in [0.3, 0.4) is 0 Å². The second-order valence-electron chi connectivity index (χ2n) is 4.71. The van der Waals surface area contributed by atoms with E-state index >= 15 is 0 Å². The van der Waals surface area contributed by atoms with Crippen molar-refractivity contribution in [2.75, 3.05) is 0 Å². The topological polar surface area (TPSA) is 17.1 Å². The van der Waals surface area contributed by atoms with Crippen LogP contribution in [0.15, 0.2) is 18.2 Å². The van der Waals surface area contributed by atoms with Gasteiger partial charge in [-0.3, -0.25) is 4.79 Å². The number of rotatable bonds is 4. The lowest BCUT2D eigenvalue weighted by Gasteiger charge is -2.08. The Morgan fingerprint density at radius 2 is 1.76 bits per heavy atom. The van der Waals surface area contributed by atoms with Crippen LogP contribution >= 0.6 is 0 Å². The molecule has 0 spiro atoms. The summed E-state index contributed by atoms with van der Waals surface area (Å²) in [4.78, 5) is 11.8. The van der Waals surface area contributed by atoms with E-state index in [1.54, 1.807) is 0 Å². The number of hydrogen-bond acceptors (Lipinski definition) is 1. The van der Waals surface area contributed by atoms with Gasteiger partial charge in [-0.15, -0.1) is 0 Å². The monoisotopic (exact) mass is 238 g/mol. The van der Waals surface area contributed by atoms with Crippen molar-refractivity contribution in [3.8, 4) is 0 Å². The van der Waals surface area contributed by atoms with Gasteiger partial charge in [-0.1, -0.05) is 31.7 Å². The summed E-state index contributed by atoms with van der Waals surface area (Å²) < 4.78 is 26.7. The molecule has 1 nitrogen and oxygen atoms in total. The summed E-state index contributed by atoms with van der Waals surface area (Å²) in [6.07, 6.45) is 5.73. The third kappa shape index (κ3) is 2.90. The maximum atomic E-state index is 13.3. The summed E-state index contributed by atoms with van der Waals surface area (Å²) >= 11 is 0. The maximum Gasteiger partial charge on any atom is 0.168 e. The summed E-state index contributed by atoms with van der Waals surface area (Å²) in [5.74, 6) is -1.34. The van der Waals surface area contributed by atoms with E-state index in [0.29, 0.717) is 5.92 Å². The molecule has 0 heterocycles. The SMILES string of the molecule is O=C(CCC1CCCC1)c1c(F)cccc1F. The zero-order valence-electron chi connectivity index (χ0n) is 9.72. The van der Waals surface area contributed by atoms with Gasteiger partial charge >= 0.3 is 0 Å². The summed E-state index contributed by atoms with van der Waals surface area (Å²) in [7, 11) is 0. The summed E-state index contributed by atoms with van der Waals surface area (Å²) in [6, 6.07) is 3.54. The van der Waals surface area contributed by atoms with Crippen LogP contribution in [0.1, 0.15) is 48.9 Å². The fourth-order valence-electron chi connectivity index (χ4n) is 2.52. The van der Waals surface area contributed by atoms with Gasteiger partial charge in [0, 0.05) is 6.42 Å². The van der Waals surface area contributed by atoms with Gasteiger partial charge < -0.3 is 0 Å². The van der Waals surface area contributed by atoms with E-state index in [4.69, 9.17) is 0 Å². The first-order chi connectivity index (χ1) is 8.18. The van der Waals surface area contributed by atoms with Crippen LogP contribution in [-0.4, -0.2) is 5.78 Å². The van der Waals surface area contributed by atoms with E-state index < -0.39 is 17.4 Å². The van der Waals surface area contributed by atoms with Crippen LogP contribution in [0.2, 0.25) is 0 Å². The lowest BCUT2D eigenvalue weighted by atomic mass is 9.97. The molecule has 0 atom stereocenters. The van der Waals surface area contributed by atoms with Crippen LogP contribution in [0.5, 0.6) is 0 Å². The van der Waals surface area contributed by atoms with Crippen LogP contribution < -0.4 is 0 Å². The van der Waals surface area contributed by atoms with Gasteiger partial charge in [0.1, 0.15) is 11.6 Å². The number of halogens is 2. The first-order valence-corrected chi connectivity index (χ1v) is 6.15. The predicted molar refractivity (Wildman–Crippen MR) is 61.9 cm³/mol. The van der Waals surface area contributed by atoms with Crippen LogP contribution in [0.25, 0.3) is 0 Å². The van der Waals surface area contributed by atoms with Crippen molar-refractivity contribution in [2.24, 2.45) is 5.92 Å². The molecule has 0 aromatic heterocycles. The molecule has 1 aliphatic carbocycles. The Bertz CT molecular complexity index is 388. The van der Waals surface area contributed by atoms with Crippen LogP contribution in [0.4, 0.5) is 8.78 Å². The number of benzene rings is 1. The maximum absolute atomic E-state index is 13.3. The average molecular weight is 238 g/mol. The van der Waals surface area contributed by atoms with Crippen molar-refractivity contribution in [3.05, 3.63) is 35.4 Å². The molecule has 0 saturated heterocycles. The molecule has 1 saturated carbocycles. The average Bonchev–Trinajstić information content (AvgIpc) is 2.79. The van der Waals surface area contributed by atoms with Gasteiger partial charge in [0.05, 0.1) is 5.56 Å². The number of carbonyl (C=O) groups is 1. The zero-order valence-corrected chi connectivity index (χ0v) is 9.72. The standard InChI is InChI=1S/C14H16F2O/c15-11-6-3-7-12(16)14(11)13(17)9-8-10-4-1-2-5-10/h3,6-7,10H,1-2,4-5,8-9H2. The molecule has 0 radical (unpaired) electrons. The molecule has 1 aromatic rings. The Labute approximate surface area is 99.8 Å². The molecule has 1 aromatic carbocycles. The van der Waals surface area contributed by atoms with E-state index in [0.717, 1.165) is 31.4 Å². The van der Waals surface area contributed by atoms with E-state index in [1.165, 1.54) is 18.9 Å².